The Hall–Kier alpha value is -2.59. The van der Waals surface area contributed by atoms with Gasteiger partial charge in [0.2, 0.25) is 10.0 Å². The zero-order valence-corrected chi connectivity index (χ0v) is 16.9. The maximum Gasteiger partial charge on any atom is 0.335 e. The average Bonchev–Trinajstić information content (AvgIpc) is 3.25. The Bertz CT molecular complexity index is 1130. The summed E-state index contributed by atoms with van der Waals surface area (Å²) in [7, 11) is -3.53. The van der Waals surface area contributed by atoms with Crippen LogP contribution in [0.25, 0.3) is 21.8 Å². The van der Waals surface area contributed by atoms with E-state index in [0.29, 0.717) is 37.0 Å². The fraction of sp³-hybridized carbons (Fsp3) is 0.200. The molecule has 4 rings (SSSR count). The largest absolute Gasteiger partial charge is 0.478 e. The Morgan fingerprint density at radius 3 is 2.48 bits per heavy atom. The van der Waals surface area contributed by atoms with Crippen LogP contribution in [0.5, 0.6) is 0 Å². The first-order valence-electron chi connectivity index (χ1n) is 8.93. The van der Waals surface area contributed by atoms with E-state index in [1.54, 1.807) is 36.4 Å². The van der Waals surface area contributed by atoms with Gasteiger partial charge >= 0.3 is 5.97 Å². The number of ether oxygens (including phenoxy) is 1. The van der Waals surface area contributed by atoms with Crippen molar-refractivity contribution < 1.29 is 23.1 Å². The highest BCUT2D eigenvalue weighted by molar-refractivity contribution is 7.89. The highest BCUT2D eigenvalue weighted by Gasteiger charge is 2.26. The van der Waals surface area contributed by atoms with Gasteiger partial charge in [-0.05, 0) is 24.3 Å². The van der Waals surface area contributed by atoms with Crippen LogP contribution in [-0.2, 0) is 14.8 Å². The number of thiazole rings is 1. The summed E-state index contributed by atoms with van der Waals surface area (Å²) in [5.74, 6) is -0.985. The van der Waals surface area contributed by atoms with E-state index in [1.807, 2.05) is 11.4 Å². The van der Waals surface area contributed by atoms with E-state index in [0.717, 1.165) is 11.1 Å². The van der Waals surface area contributed by atoms with Gasteiger partial charge in [-0.15, -0.1) is 11.3 Å². The molecule has 0 saturated carbocycles. The predicted octanol–water partition coefficient (Wildman–Crippen LogP) is 3.20. The molecule has 0 bridgehead atoms. The van der Waals surface area contributed by atoms with Gasteiger partial charge in [-0.25, -0.2) is 18.2 Å². The van der Waals surface area contributed by atoms with E-state index >= 15 is 0 Å². The van der Waals surface area contributed by atoms with E-state index in [-0.39, 0.29) is 10.5 Å². The van der Waals surface area contributed by atoms with Crippen LogP contribution in [0.4, 0.5) is 0 Å². The summed E-state index contributed by atoms with van der Waals surface area (Å²) < 4.78 is 32.1. The third-order valence-corrected chi connectivity index (χ3v) is 7.42. The molecule has 29 heavy (non-hydrogen) atoms. The number of hydrogen-bond donors (Lipinski definition) is 1. The van der Waals surface area contributed by atoms with Gasteiger partial charge < -0.3 is 9.84 Å². The molecule has 1 fully saturated rings. The quantitative estimate of drug-likeness (QED) is 0.668. The fourth-order valence-electron chi connectivity index (χ4n) is 3.06. The average molecular weight is 431 g/mol. The molecule has 2 aromatic carbocycles. The minimum atomic E-state index is -3.53. The van der Waals surface area contributed by atoms with Crippen LogP contribution in [0.2, 0.25) is 0 Å². The predicted molar refractivity (Wildman–Crippen MR) is 110 cm³/mol. The number of morpholine rings is 1. The molecule has 9 heteroatoms. The van der Waals surface area contributed by atoms with E-state index in [2.05, 4.69) is 4.98 Å². The van der Waals surface area contributed by atoms with Gasteiger partial charge in [-0.3, -0.25) is 0 Å². The number of nitrogens with zero attached hydrogens (tertiary/aromatic N) is 2. The molecule has 1 N–H and O–H groups in total. The second-order valence-corrected chi connectivity index (χ2v) is 9.26. The number of rotatable bonds is 5. The number of carboxylic acids is 1. The summed E-state index contributed by atoms with van der Waals surface area (Å²) in [6, 6.07) is 13.3. The smallest absolute Gasteiger partial charge is 0.335 e. The van der Waals surface area contributed by atoms with Crippen molar-refractivity contribution in [3.8, 4) is 21.8 Å². The van der Waals surface area contributed by atoms with Crippen molar-refractivity contribution >= 4 is 27.3 Å². The number of hydrogen-bond acceptors (Lipinski definition) is 6. The molecule has 1 aliphatic heterocycles. The minimum Gasteiger partial charge on any atom is -0.478 e. The molecule has 1 saturated heterocycles. The standard InChI is InChI=1S/C20H18N2O5S2/c23-20(24)16-3-1-2-15(12-16)19-21-18(13-28-19)14-4-6-17(7-5-14)29(25,26)22-8-10-27-11-9-22/h1-7,12-13H,8-11H2,(H,23,24). The monoisotopic (exact) mass is 430 g/mol. The Morgan fingerprint density at radius 1 is 1.07 bits per heavy atom. The molecule has 7 nitrogen and oxygen atoms in total. The van der Waals surface area contributed by atoms with Crippen molar-refractivity contribution in [3.05, 3.63) is 59.5 Å². The van der Waals surface area contributed by atoms with Gasteiger partial charge in [-0.1, -0.05) is 24.3 Å². The van der Waals surface area contributed by atoms with Gasteiger partial charge in [0.15, 0.2) is 0 Å². The maximum atomic E-state index is 12.7. The summed E-state index contributed by atoms with van der Waals surface area (Å²) in [6.45, 7) is 1.52. The zero-order valence-electron chi connectivity index (χ0n) is 15.3. The second kappa shape index (κ2) is 8.03. The van der Waals surface area contributed by atoms with Crippen molar-refractivity contribution in [1.29, 1.82) is 0 Å². The number of sulfonamides is 1. The van der Waals surface area contributed by atoms with Gasteiger partial charge in [0.05, 0.1) is 29.4 Å². The van der Waals surface area contributed by atoms with Crippen molar-refractivity contribution in [1.82, 2.24) is 9.29 Å². The summed E-state index contributed by atoms with van der Waals surface area (Å²) in [5, 5.41) is 11.7. The Balaban J connectivity index is 1.57. The normalized spacial score (nSPS) is 15.3. The lowest BCUT2D eigenvalue weighted by molar-refractivity contribution is 0.0697. The lowest BCUT2D eigenvalue weighted by atomic mass is 10.1. The molecule has 2 heterocycles. The topological polar surface area (TPSA) is 96.8 Å². The molecule has 0 atom stereocenters. The number of carboxylic acid groups (broad SMARTS) is 1. The molecule has 0 amide bonds. The van der Waals surface area contributed by atoms with Crippen molar-refractivity contribution in [2.24, 2.45) is 0 Å². The molecule has 150 valence electrons. The molecule has 0 spiro atoms. The van der Waals surface area contributed by atoms with Crippen LogP contribution in [0.1, 0.15) is 10.4 Å². The first kappa shape index (κ1) is 19.7. The van der Waals surface area contributed by atoms with Crippen molar-refractivity contribution in [2.45, 2.75) is 4.90 Å². The van der Waals surface area contributed by atoms with Crippen molar-refractivity contribution in [2.75, 3.05) is 26.3 Å². The number of aromatic carboxylic acids is 1. The number of benzene rings is 2. The summed E-state index contributed by atoms with van der Waals surface area (Å²) in [4.78, 5) is 16.0. The number of carbonyl (C=O) groups is 1. The molecular formula is C20H18N2O5S2. The van der Waals surface area contributed by atoms with E-state index < -0.39 is 16.0 Å². The third kappa shape index (κ3) is 4.08. The second-order valence-electron chi connectivity index (χ2n) is 6.46. The minimum absolute atomic E-state index is 0.205. The van der Waals surface area contributed by atoms with Gasteiger partial charge in [-0.2, -0.15) is 4.31 Å². The van der Waals surface area contributed by atoms with Gasteiger partial charge in [0, 0.05) is 29.6 Å². The van der Waals surface area contributed by atoms with Gasteiger partial charge in [0.1, 0.15) is 5.01 Å². The first-order valence-corrected chi connectivity index (χ1v) is 11.2. The molecule has 3 aromatic rings. The fourth-order valence-corrected chi connectivity index (χ4v) is 5.29. The highest BCUT2D eigenvalue weighted by atomic mass is 32.2. The molecule has 1 aromatic heterocycles. The summed E-state index contributed by atoms with van der Waals surface area (Å²) in [6.07, 6.45) is 0. The lowest BCUT2D eigenvalue weighted by Crippen LogP contribution is -2.40. The molecule has 0 radical (unpaired) electrons. The van der Waals surface area contributed by atoms with Crippen LogP contribution in [0.15, 0.2) is 58.8 Å². The van der Waals surface area contributed by atoms with E-state index in [9.17, 15) is 13.2 Å². The summed E-state index contributed by atoms with van der Waals surface area (Å²) >= 11 is 1.41. The summed E-state index contributed by atoms with van der Waals surface area (Å²) in [5.41, 5.74) is 2.44. The third-order valence-electron chi connectivity index (χ3n) is 4.62. The Labute approximate surface area is 172 Å². The van der Waals surface area contributed by atoms with Crippen LogP contribution < -0.4 is 0 Å². The first-order chi connectivity index (χ1) is 13.9. The van der Waals surface area contributed by atoms with E-state index in [1.165, 1.54) is 21.7 Å². The molecular weight excluding hydrogens is 412 g/mol. The highest BCUT2D eigenvalue weighted by Crippen LogP contribution is 2.30. The SMILES string of the molecule is O=C(O)c1cccc(-c2nc(-c3ccc(S(=O)(=O)N4CCOCC4)cc3)cs2)c1. The number of aromatic nitrogens is 1. The molecule has 0 unspecified atom stereocenters. The molecule has 1 aliphatic rings. The van der Waals surface area contributed by atoms with Gasteiger partial charge in [0.25, 0.3) is 0 Å². The Morgan fingerprint density at radius 2 is 1.79 bits per heavy atom. The Kier molecular flexibility index (Phi) is 5.46. The van der Waals surface area contributed by atoms with E-state index in [4.69, 9.17) is 9.84 Å². The zero-order chi connectivity index (χ0) is 20.4. The van der Waals surface area contributed by atoms with Crippen LogP contribution in [0, 0.1) is 0 Å². The van der Waals surface area contributed by atoms with Crippen molar-refractivity contribution in [3.63, 3.8) is 0 Å². The lowest BCUT2D eigenvalue weighted by Gasteiger charge is -2.26. The van der Waals surface area contributed by atoms with Crippen LogP contribution in [0.3, 0.4) is 0 Å². The molecule has 0 aliphatic carbocycles. The van der Waals surface area contributed by atoms with Crippen LogP contribution >= 0.6 is 11.3 Å². The van der Waals surface area contributed by atoms with Crippen LogP contribution in [-0.4, -0.2) is 55.1 Å². The maximum absolute atomic E-state index is 12.7.